The molecule has 0 bridgehead atoms. The van der Waals surface area contributed by atoms with Crippen LogP contribution in [0.4, 0.5) is 0 Å². The lowest BCUT2D eigenvalue weighted by atomic mass is 10.4. The van der Waals surface area contributed by atoms with Gasteiger partial charge in [0, 0.05) is 19.0 Å². The van der Waals surface area contributed by atoms with Gasteiger partial charge in [-0.2, -0.15) is 17.4 Å². The fourth-order valence-electron chi connectivity index (χ4n) is 1.03. The summed E-state index contributed by atoms with van der Waals surface area (Å²) in [7, 11) is -1.89. The summed E-state index contributed by atoms with van der Waals surface area (Å²) in [6, 6.07) is 0. The predicted molar refractivity (Wildman–Crippen MR) is 64.2 cm³/mol. The highest BCUT2D eigenvalue weighted by Gasteiger charge is 2.16. The molecular formula is C8H16N4O2S2. The highest BCUT2D eigenvalue weighted by atomic mass is 32.2. The van der Waals surface area contributed by atoms with Crippen molar-refractivity contribution in [3.63, 3.8) is 0 Å². The molecule has 0 radical (unpaired) electrons. The first-order valence-corrected chi connectivity index (χ1v) is 7.22. The van der Waals surface area contributed by atoms with Gasteiger partial charge in [-0.3, -0.25) is 0 Å². The van der Waals surface area contributed by atoms with Gasteiger partial charge in [0.2, 0.25) is 0 Å². The van der Waals surface area contributed by atoms with Crippen LogP contribution in [0.3, 0.4) is 0 Å². The SMILES string of the molecule is CN(CCCN)S(=O)(=O)NCc1cscn1. The highest BCUT2D eigenvalue weighted by molar-refractivity contribution is 7.87. The Morgan fingerprint density at radius 1 is 1.62 bits per heavy atom. The summed E-state index contributed by atoms with van der Waals surface area (Å²) in [6.45, 7) is 1.12. The molecule has 0 saturated carbocycles. The second kappa shape index (κ2) is 6.26. The van der Waals surface area contributed by atoms with E-state index in [4.69, 9.17) is 5.73 Å². The molecule has 16 heavy (non-hydrogen) atoms. The number of aromatic nitrogens is 1. The number of hydrogen-bond acceptors (Lipinski definition) is 5. The third kappa shape index (κ3) is 4.14. The van der Waals surface area contributed by atoms with E-state index >= 15 is 0 Å². The van der Waals surface area contributed by atoms with Gasteiger partial charge in [-0.1, -0.05) is 0 Å². The van der Waals surface area contributed by atoms with Crippen LogP contribution in [0.5, 0.6) is 0 Å². The van der Waals surface area contributed by atoms with E-state index in [-0.39, 0.29) is 6.54 Å². The number of rotatable bonds is 7. The summed E-state index contributed by atoms with van der Waals surface area (Å²) in [5.74, 6) is 0. The lowest BCUT2D eigenvalue weighted by Crippen LogP contribution is -2.38. The molecule has 1 aromatic heterocycles. The maximum Gasteiger partial charge on any atom is 0.279 e. The van der Waals surface area contributed by atoms with Crippen molar-refractivity contribution in [1.29, 1.82) is 0 Å². The van der Waals surface area contributed by atoms with Gasteiger partial charge in [-0.25, -0.2) is 4.98 Å². The molecule has 0 aliphatic carbocycles. The molecule has 0 aliphatic rings. The summed E-state index contributed by atoms with van der Waals surface area (Å²) < 4.78 is 27.1. The van der Waals surface area contributed by atoms with Crippen LogP contribution in [0, 0.1) is 0 Å². The molecule has 0 fully saturated rings. The first kappa shape index (κ1) is 13.5. The number of nitrogens with two attached hydrogens (primary N) is 1. The molecule has 0 unspecified atom stereocenters. The fraction of sp³-hybridized carbons (Fsp3) is 0.625. The number of nitrogens with one attached hydrogen (secondary N) is 1. The molecule has 0 atom stereocenters. The lowest BCUT2D eigenvalue weighted by Gasteiger charge is -2.16. The zero-order valence-corrected chi connectivity index (χ0v) is 10.7. The van der Waals surface area contributed by atoms with Crippen LogP contribution in [0.2, 0.25) is 0 Å². The van der Waals surface area contributed by atoms with E-state index in [0.717, 1.165) is 5.69 Å². The van der Waals surface area contributed by atoms with Crippen LogP contribution >= 0.6 is 11.3 Å². The van der Waals surface area contributed by atoms with Crippen molar-refractivity contribution < 1.29 is 8.42 Å². The topological polar surface area (TPSA) is 88.3 Å². The molecule has 1 heterocycles. The predicted octanol–water partition coefficient (Wildman–Crippen LogP) is -0.242. The first-order valence-electron chi connectivity index (χ1n) is 4.84. The smallest absolute Gasteiger partial charge is 0.279 e. The van der Waals surface area contributed by atoms with E-state index in [0.29, 0.717) is 19.5 Å². The molecule has 3 N–H and O–H groups in total. The van der Waals surface area contributed by atoms with Gasteiger partial charge >= 0.3 is 0 Å². The van der Waals surface area contributed by atoms with E-state index < -0.39 is 10.2 Å². The van der Waals surface area contributed by atoms with Gasteiger partial charge in [0.15, 0.2) is 0 Å². The van der Waals surface area contributed by atoms with E-state index in [2.05, 4.69) is 9.71 Å². The Balaban J connectivity index is 2.45. The van der Waals surface area contributed by atoms with Crippen LogP contribution < -0.4 is 10.5 Å². The minimum absolute atomic E-state index is 0.221. The van der Waals surface area contributed by atoms with E-state index in [1.165, 1.54) is 22.7 Å². The average Bonchev–Trinajstić information content (AvgIpc) is 2.76. The average molecular weight is 264 g/mol. The Morgan fingerprint density at radius 3 is 2.94 bits per heavy atom. The van der Waals surface area contributed by atoms with Gasteiger partial charge in [0.25, 0.3) is 10.2 Å². The van der Waals surface area contributed by atoms with Crippen LogP contribution in [0.25, 0.3) is 0 Å². The fourth-order valence-corrected chi connectivity index (χ4v) is 2.51. The molecule has 0 aromatic carbocycles. The lowest BCUT2D eigenvalue weighted by molar-refractivity contribution is 0.452. The van der Waals surface area contributed by atoms with Gasteiger partial charge < -0.3 is 5.73 Å². The van der Waals surface area contributed by atoms with Gasteiger partial charge in [0.05, 0.1) is 17.7 Å². The maximum atomic E-state index is 11.7. The third-order valence-corrected chi connectivity index (χ3v) is 4.15. The summed E-state index contributed by atoms with van der Waals surface area (Å²) in [5.41, 5.74) is 7.71. The number of thiazole rings is 1. The Morgan fingerprint density at radius 2 is 2.38 bits per heavy atom. The van der Waals surface area contributed by atoms with Crippen molar-refractivity contribution in [2.24, 2.45) is 5.73 Å². The molecule has 6 nitrogen and oxygen atoms in total. The van der Waals surface area contributed by atoms with Crippen molar-refractivity contribution in [2.75, 3.05) is 20.1 Å². The standard InChI is InChI=1S/C8H16N4O2S2/c1-12(4-2-3-9)16(13,14)11-5-8-6-15-7-10-8/h6-7,11H,2-5,9H2,1H3. The Labute approximate surface area is 99.7 Å². The second-order valence-corrected chi connectivity index (χ2v) is 5.85. The number of nitrogens with zero attached hydrogens (tertiary/aromatic N) is 2. The first-order chi connectivity index (χ1) is 7.56. The minimum Gasteiger partial charge on any atom is -0.330 e. The van der Waals surface area contributed by atoms with E-state index in [9.17, 15) is 8.42 Å². The second-order valence-electron chi connectivity index (χ2n) is 3.27. The summed E-state index contributed by atoms with van der Waals surface area (Å²) >= 11 is 1.44. The van der Waals surface area contributed by atoms with Crippen molar-refractivity contribution in [1.82, 2.24) is 14.0 Å². The van der Waals surface area contributed by atoms with Gasteiger partial charge in [0.1, 0.15) is 0 Å². The van der Waals surface area contributed by atoms with E-state index in [1.807, 2.05) is 5.38 Å². The highest BCUT2D eigenvalue weighted by Crippen LogP contribution is 2.02. The Hall–Kier alpha value is -0.540. The van der Waals surface area contributed by atoms with Crippen molar-refractivity contribution in [3.8, 4) is 0 Å². The van der Waals surface area contributed by atoms with Crippen molar-refractivity contribution >= 4 is 21.5 Å². The van der Waals surface area contributed by atoms with Gasteiger partial charge in [-0.15, -0.1) is 11.3 Å². The normalized spacial score (nSPS) is 12.2. The quantitative estimate of drug-likeness (QED) is 0.711. The largest absolute Gasteiger partial charge is 0.330 e. The monoisotopic (exact) mass is 264 g/mol. The zero-order chi connectivity index (χ0) is 12.0. The Kier molecular flexibility index (Phi) is 5.29. The molecule has 0 spiro atoms. The minimum atomic E-state index is -3.42. The third-order valence-electron chi connectivity index (χ3n) is 2.01. The molecule has 0 aliphatic heterocycles. The van der Waals surface area contributed by atoms with Crippen LogP contribution in [-0.2, 0) is 16.8 Å². The van der Waals surface area contributed by atoms with E-state index in [1.54, 1.807) is 5.51 Å². The van der Waals surface area contributed by atoms with Crippen LogP contribution in [0.1, 0.15) is 12.1 Å². The van der Waals surface area contributed by atoms with Gasteiger partial charge in [-0.05, 0) is 13.0 Å². The summed E-state index contributed by atoms with van der Waals surface area (Å²) in [4.78, 5) is 3.99. The molecule has 1 aromatic rings. The zero-order valence-electron chi connectivity index (χ0n) is 9.09. The van der Waals surface area contributed by atoms with Crippen molar-refractivity contribution in [3.05, 3.63) is 16.6 Å². The summed E-state index contributed by atoms with van der Waals surface area (Å²) in [6.07, 6.45) is 0.647. The number of hydrogen-bond donors (Lipinski definition) is 2. The van der Waals surface area contributed by atoms with Crippen molar-refractivity contribution in [2.45, 2.75) is 13.0 Å². The molecular weight excluding hydrogens is 248 g/mol. The van der Waals surface area contributed by atoms with Crippen LogP contribution in [-0.4, -0.2) is 37.8 Å². The molecule has 92 valence electrons. The summed E-state index contributed by atoms with van der Waals surface area (Å²) in [5, 5.41) is 1.81. The molecule has 0 amide bonds. The maximum absolute atomic E-state index is 11.7. The molecule has 0 saturated heterocycles. The Bertz CT molecular complexity index is 390. The molecule has 8 heteroatoms. The molecule has 1 rings (SSSR count). The van der Waals surface area contributed by atoms with Crippen LogP contribution in [0.15, 0.2) is 10.9 Å².